The van der Waals surface area contributed by atoms with Gasteiger partial charge in [-0.1, -0.05) is 18.5 Å². The molecule has 0 aromatic carbocycles. The first kappa shape index (κ1) is 14.6. The first-order chi connectivity index (χ1) is 10.6. The van der Waals surface area contributed by atoms with Crippen LogP contribution in [0, 0.1) is 20.8 Å². The molecule has 1 N–H and O–H groups in total. The van der Waals surface area contributed by atoms with Crippen molar-refractivity contribution in [2.75, 3.05) is 11.9 Å². The van der Waals surface area contributed by atoms with E-state index in [1.54, 1.807) is 0 Å². The minimum atomic E-state index is 0.775. The van der Waals surface area contributed by atoms with Crippen LogP contribution >= 0.6 is 0 Å². The van der Waals surface area contributed by atoms with Gasteiger partial charge in [-0.15, -0.1) is 0 Å². The van der Waals surface area contributed by atoms with Gasteiger partial charge in [0.25, 0.3) is 0 Å². The summed E-state index contributed by atoms with van der Waals surface area (Å²) < 4.78 is 7.38. The highest BCUT2D eigenvalue weighted by molar-refractivity contribution is 5.75. The quantitative estimate of drug-likeness (QED) is 0.720. The fourth-order valence-corrected chi connectivity index (χ4v) is 2.73. The summed E-state index contributed by atoms with van der Waals surface area (Å²) in [5.74, 6) is 1.79. The molecule has 0 fully saturated rings. The zero-order chi connectivity index (χ0) is 15.7. The number of hydrogen-bond acceptors (Lipinski definition) is 4. The van der Waals surface area contributed by atoms with Crippen LogP contribution in [0.3, 0.4) is 0 Å². The van der Waals surface area contributed by atoms with Gasteiger partial charge < -0.3 is 9.84 Å². The number of rotatable bonds is 5. The number of nitrogens with zero attached hydrogens (tertiary/aromatic N) is 3. The standard InChI is InChI=1S/C17H22N4O/c1-5-6-7-18-17-16(14-10-13(4)22-20-14)19-15-9-11(2)8-12(3)21(15)17/h8-10,18H,5-7H2,1-4H3. The van der Waals surface area contributed by atoms with Crippen molar-refractivity contribution in [3.8, 4) is 11.4 Å². The highest BCUT2D eigenvalue weighted by Crippen LogP contribution is 2.30. The van der Waals surface area contributed by atoms with Gasteiger partial charge in [-0.05, 0) is 44.9 Å². The molecule has 5 nitrogen and oxygen atoms in total. The summed E-state index contributed by atoms with van der Waals surface area (Å²) in [6.07, 6.45) is 2.27. The molecule has 0 saturated carbocycles. The summed E-state index contributed by atoms with van der Waals surface area (Å²) >= 11 is 0. The lowest BCUT2D eigenvalue weighted by molar-refractivity contribution is 0.399. The van der Waals surface area contributed by atoms with Crippen LogP contribution in [-0.4, -0.2) is 21.1 Å². The van der Waals surface area contributed by atoms with E-state index in [9.17, 15) is 0 Å². The number of unbranched alkanes of at least 4 members (excludes halogenated alkanes) is 1. The van der Waals surface area contributed by atoms with Crippen LogP contribution in [0.4, 0.5) is 5.82 Å². The molecule has 3 rings (SSSR count). The van der Waals surface area contributed by atoms with Gasteiger partial charge in [-0.3, -0.25) is 4.40 Å². The summed E-state index contributed by atoms with van der Waals surface area (Å²) in [4.78, 5) is 4.77. The molecule has 0 amide bonds. The third-order valence-corrected chi connectivity index (χ3v) is 3.74. The molecule has 0 atom stereocenters. The van der Waals surface area contributed by atoms with Crippen LogP contribution in [0.25, 0.3) is 17.0 Å². The van der Waals surface area contributed by atoms with Gasteiger partial charge >= 0.3 is 0 Å². The normalized spacial score (nSPS) is 11.3. The minimum Gasteiger partial charge on any atom is -0.369 e. The van der Waals surface area contributed by atoms with E-state index in [-0.39, 0.29) is 0 Å². The zero-order valence-electron chi connectivity index (χ0n) is 13.6. The molecule has 0 aliphatic heterocycles. The summed E-state index contributed by atoms with van der Waals surface area (Å²) in [6.45, 7) is 9.19. The van der Waals surface area contributed by atoms with E-state index in [1.165, 1.54) is 5.56 Å². The molecule has 116 valence electrons. The van der Waals surface area contributed by atoms with Crippen molar-refractivity contribution in [2.24, 2.45) is 0 Å². The Hall–Kier alpha value is -2.30. The number of pyridine rings is 1. The number of aromatic nitrogens is 3. The SMILES string of the molecule is CCCCNc1c(-c2cc(C)on2)nc2cc(C)cc(C)n12. The van der Waals surface area contributed by atoms with Gasteiger partial charge in [0.1, 0.15) is 28.6 Å². The third kappa shape index (κ3) is 2.58. The molecule has 3 heterocycles. The van der Waals surface area contributed by atoms with E-state index in [0.717, 1.165) is 53.7 Å². The van der Waals surface area contributed by atoms with Crippen molar-refractivity contribution >= 4 is 11.5 Å². The lowest BCUT2D eigenvalue weighted by Gasteiger charge is -2.09. The Balaban J connectivity index is 2.16. The second kappa shape index (κ2) is 5.83. The molecular weight excluding hydrogens is 276 g/mol. The number of hydrogen-bond donors (Lipinski definition) is 1. The maximum absolute atomic E-state index is 5.22. The number of aryl methyl sites for hydroxylation is 3. The molecule has 0 aliphatic carbocycles. The predicted octanol–water partition coefficient (Wildman–Crippen LogP) is 4.13. The highest BCUT2D eigenvalue weighted by Gasteiger charge is 2.18. The van der Waals surface area contributed by atoms with Crippen molar-refractivity contribution in [1.29, 1.82) is 0 Å². The van der Waals surface area contributed by atoms with Crippen molar-refractivity contribution in [1.82, 2.24) is 14.5 Å². The molecule has 3 aromatic heterocycles. The van der Waals surface area contributed by atoms with Crippen LogP contribution in [-0.2, 0) is 0 Å². The number of fused-ring (bicyclic) bond motifs is 1. The Kier molecular flexibility index (Phi) is 3.88. The second-order valence-corrected chi connectivity index (χ2v) is 5.78. The maximum atomic E-state index is 5.22. The Morgan fingerprint density at radius 1 is 1.18 bits per heavy atom. The van der Waals surface area contributed by atoms with Crippen molar-refractivity contribution < 1.29 is 4.52 Å². The molecular formula is C17H22N4O. The van der Waals surface area contributed by atoms with E-state index in [4.69, 9.17) is 9.51 Å². The van der Waals surface area contributed by atoms with E-state index in [1.807, 2.05) is 13.0 Å². The molecule has 3 aromatic rings. The Morgan fingerprint density at radius 3 is 2.68 bits per heavy atom. The van der Waals surface area contributed by atoms with E-state index >= 15 is 0 Å². The fourth-order valence-electron chi connectivity index (χ4n) is 2.73. The molecule has 0 spiro atoms. The second-order valence-electron chi connectivity index (χ2n) is 5.78. The number of nitrogens with one attached hydrogen (secondary N) is 1. The topological polar surface area (TPSA) is 55.4 Å². The summed E-state index contributed by atoms with van der Waals surface area (Å²) in [7, 11) is 0. The molecule has 5 heteroatoms. The van der Waals surface area contributed by atoms with Crippen LogP contribution in [0.5, 0.6) is 0 Å². The third-order valence-electron chi connectivity index (χ3n) is 3.74. The van der Waals surface area contributed by atoms with E-state index < -0.39 is 0 Å². The molecule has 22 heavy (non-hydrogen) atoms. The van der Waals surface area contributed by atoms with Gasteiger partial charge in [-0.25, -0.2) is 4.98 Å². The average molecular weight is 298 g/mol. The van der Waals surface area contributed by atoms with Gasteiger partial charge in [0.2, 0.25) is 0 Å². The lowest BCUT2D eigenvalue weighted by atomic mass is 10.2. The van der Waals surface area contributed by atoms with Gasteiger partial charge in [0.15, 0.2) is 0 Å². The highest BCUT2D eigenvalue weighted by atomic mass is 16.5. The monoisotopic (exact) mass is 298 g/mol. The maximum Gasteiger partial charge on any atom is 0.140 e. The summed E-state index contributed by atoms with van der Waals surface area (Å²) in [5, 5.41) is 7.66. The predicted molar refractivity (Wildman–Crippen MR) is 88.3 cm³/mol. The first-order valence-electron chi connectivity index (χ1n) is 7.77. The lowest BCUT2D eigenvalue weighted by Crippen LogP contribution is -2.06. The molecule has 0 unspecified atom stereocenters. The Bertz CT molecular complexity index is 800. The Morgan fingerprint density at radius 2 is 2.00 bits per heavy atom. The van der Waals surface area contributed by atoms with Gasteiger partial charge in [0, 0.05) is 18.3 Å². The summed E-state index contributed by atoms with van der Waals surface area (Å²) in [6, 6.07) is 6.18. The summed E-state index contributed by atoms with van der Waals surface area (Å²) in [5.41, 5.74) is 4.93. The largest absolute Gasteiger partial charge is 0.369 e. The van der Waals surface area contributed by atoms with Crippen molar-refractivity contribution in [2.45, 2.75) is 40.5 Å². The molecule has 0 bridgehead atoms. The number of imidazole rings is 1. The minimum absolute atomic E-state index is 0.775. The van der Waals surface area contributed by atoms with Crippen molar-refractivity contribution in [3.05, 3.63) is 35.2 Å². The Labute approximate surface area is 130 Å². The first-order valence-corrected chi connectivity index (χ1v) is 7.77. The van der Waals surface area contributed by atoms with Gasteiger partial charge in [0.05, 0.1) is 0 Å². The van der Waals surface area contributed by atoms with Crippen molar-refractivity contribution in [3.63, 3.8) is 0 Å². The van der Waals surface area contributed by atoms with Crippen LogP contribution in [0.1, 0.15) is 36.8 Å². The van der Waals surface area contributed by atoms with E-state index in [0.29, 0.717) is 0 Å². The van der Waals surface area contributed by atoms with E-state index in [2.05, 4.69) is 47.8 Å². The van der Waals surface area contributed by atoms with Crippen LogP contribution < -0.4 is 5.32 Å². The van der Waals surface area contributed by atoms with Crippen LogP contribution in [0.15, 0.2) is 22.7 Å². The van der Waals surface area contributed by atoms with Crippen LogP contribution in [0.2, 0.25) is 0 Å². The van der Waals surface area contributed by atoms with Gasteiger partial charge in [-0.2, -0.15) is 0 Å². The number of anilines is 1. The smallest absolute Gasteiger partial charge is 0.140 e. The zero-order valence-corrected chi connectivity index (χ0v) is 13.6. The molecule has 0 aliphatic rings. The average Bonchev–Trinajstić information content (AvgIpc) is 3.03. The molecule has 0 radical (unpaired) electrons. The fraction of sp³-hybridized carbons (Fsp3) is 0.412. The molecule has 0 saturated heterocycles.